The summed E-state index contributed by atoms with van der Waals surface area (Å²) in [6.45, 7) is 4.43. The van der Waals surface area contributed by atoms with Crippen molar-refractivity contribution >= 4 is 0 Å². The number of likely N-dealkylation sites (N-methyl/N-ethyl adjacent to an activating group) is 1. The van der Waals surface area contributed by atoms with E-state index >= 15 is 0 Å². The van der Waals surface area contributed by atoms with Crippen LogP contribution in [0.2, 0.25) is 0 Å². The van der Waals surface area contributed by atoms with Gasteiger partial charge in [0.2, 0.25) is 0 Å². The zero-order valence-electron chi connectivity index (χ0n) is 12.4. The third-order valence-electron chi connectivity index (χ3n) is 4.39. The number of hydrogen-bond acceptors (Lipinski definition) is 3. The van der Waals surface area contributed by atoms with E-state index in [1.54, 1.807) is 7.11 Å². The number of aryl methyl sites for hydroxylation is 1. The van der Waals surface area contributed by atoms with Crippen molar-refractivity contribution in [3.63, 3.8) is 0 Å². The zero-order valence-corrected chi connectivity index (χ0v) is 12.4. The van der Waals surface area contributed by atoms with E-state index in [4.69, 9.17) is 10.5 Å². The second kappa shape index (κ2) is 6.04. The second-order valence-corrected chi connectivity index (χ2v) is 5.86. The molecule has 0 radical (unpaired) electrons. The van der Waals surface area contributed by atoms with Crippen molar-refractivity contribution in [3.05, 3.63) is 35.4 Å². The maximum atomic E-state index is 6.09. The van der Waals surface area contributed by atoms with Gasteiger partial charge in [-0.15, -0.1) is 0 Å². The summed E-state index contributed by atoms with van der Waals surface area (Å²) in [5.41, 5.74) is 8.73. The summed E-state index contributed by atoms with van der Waals surface area (Å²) in [6, 6.07) is 8.74. The average molecular weight is 262 g/mol. The van der Waals surface area contributed by atoms with E-state index in [2.05, 4.69) is 43.1 Å². The molecule has 2 N–H and O–H groups in total. The molecule has 3 heteroatoms. The molecule has 0 amide bonds. The fourth-order valence-electron chi connectivity index (χ4n) is 2.92. The molecule has 0 heterocycles. The van der Waals surface area contributed by atoms with Crippen molar-refractivity contribution in [2.45, 2.75) is 31.8 Å². The van der Waals surface area contributed by atoms with Gasteiger partial charge in [-0.1, -0.05) is 29.8 Å². The Bertz CT molecular complexity index is 400. The van der Waals surface area contributed by atoms with Crippen molar-refractivity contribution < 1.29 is 4.74 Å². The number of methoxy groups -OCH3 is 1. The molecule has 3 nitrogen and oxygen atoms in total. The van der Waals surface area contributed by atoms with Crippen LogP contribution < -0.4 is 5.73 Å². The van der Waals surface area contributed by atoms with Crippen molar-refractivity contribution in [2.75, 3.05) is 27.3 Å². The van der Waals surface area contributed by atoms with Crippen LogP contribution in [0.4, 0.5) is 0 Å². The van der Waals surface area contributed by atoms with Crippen LogP contribution in [0.5, 0.6) is 0 Å². The molecule has 19 heavy (non-hydrogen) atoms. The Labute approximate surface area is 116 Å². The van der Waals surface area contributed by atoms with Gasteiger partial charge < -0.3 is 10.5 Å². The van der Waals surface area contributed by atoms with E-state index in [1.165, 1.54) is 24.0 Å². The lowest BCUT2D eigenvalue weighted by atomic mass is 9.91. The molecule has 0 aromatic heterocycles. The van der Waals surface area contributed by atoms with Gasteiger partial charge in [0.15, 0.2) is 0 Å². The predicted molar refractivity (Wildman–Crippen MR) is 79.0 cm³/mol. The van der Waals surface area contributed by atoms with E-state index in [9.17, 15) is 0 Å². The van der Waals surface area contributed by atoms with Gasteiger partial charge in [0.05, 0.1) is 12.1 Å². The first-order valence-corrected chi connectivity index (χ1v) is 7.08. The smallest absolute Gasteiger partial charge is 0.0661 e. The van der Waals surface area contributed by atoms with Crippen LogP contribution in [-0.2, 0) is 11.3 Å². The largest absolute Gasteiger partial charge is 0.383 e. The number of benzene rings is 1. The molecule has 0 aliphatic heterocycles. The first-order chi connectivity index (χ1) is 9.12. The molecule has 0 saturated heterocycles. The lowest BCUT2D eigenvalue weighted by Gasteiger charge is -2.41. The number of nitrogens with two attached hydrogens (primary N) is 1. The third-order valence-corrected chi connectivity index (χ3v) is 4.39. The molecule has 1 atom stereocenters. The fourth-order valence-corrected chi connectivity index (χ4v) is 2.92. The number of hydrogen-bond donors (Lipinski definition) is 1. The highest BCUT2D eigenvalue weighted by Crippen LogP contribution is 2.43. The van der Waals surface area contributed by atoms with Gasteiger partial charge in [0.1, 0.15) is 0 Å². The van der Waals surface area contributed by atoms with E-state index in [0.29, 0.717) is 12.5 Å². The SMILES string of the molecule is COCC(CN)(C1CC1)N(C)Cc1ccc(C)cc1. The van der Waals surface area contributed by atoms with Crippen molar-refractivity contribution in [1.29, 1.82) is 0 Å². The van der Waals surface area contributed by atoms with Crippen molar-refractivity contribution in [2.24, 2.45) is 11.7 Å². The maximum absolute atomic E-state index is 6.09. The van der Waals surface area contributed by atoms with Crippen LogP contribution in [0.25, 0.3) is 0 Å². The summed E-state index contributed by atoms with van der Waals surface area (Å²) in [4.78, 5) is 2.39. The van der Waals surface area contributed by atoms with Crippen LogP contribution in [0.3, 0.4) is 0 Å². The average Bonchev–Trinajstić information content (AvgIpc) is 3.23. The lowest BCUT2D eigenvalue weighted by molar-refractivity contribution is 0.0104. The van der Waals surface area contributed by atoms with Crippen LogP contribution >= 0.6 is 0 Å². The van der Waals surface area contributed by atoms with Gasteiger partial charge >= 0.3 is 0 Å². The molecular weight excluding hydrogens is 236 g/mol. The standard InChI is InChI=1S/C16H26N2O/c1-13-4-6-14(7-5-13)10-18(2)16(11-17,12-19-3)15-8-9-15/h4-7,15H,8-12,17H2,1-3H3. The van der Waals surface area contributed by atoms with E-state index in [0.717, 1.165) is 13.2 Å². The van der Waals surface area contributed by atoms with Gasteiger partial charge in [-0.3, -0.25) is 4.90 Å². The van der Waals surface area contributed by atoms with Gasteiger partial charge in [0.25, 0.3) is 0 Å². The molecule has 0 bridgehead atoms. The summed E-state index contributed by atoms with van der Waals surface area (Å²) in [7, 11) is 3.94. The Morgan fingerprint density at radius 3 is 2.42 bits per heavy atom. The highest BCUT2D eigenvalue weighted by atomic mass is 16.5. The van der Waals surface area contributed by atoms with E-state index in [-0.39, 0.29) is 5.54 Å². The van der Waals surface area contributed by atoms with Gasteiger partial charge in [-0.05, 0) is 38.3 Å². The van der Waals surface area contributed by atoms with Gasteiger partial charge in [0, 0.05) is 20.2 Å². The fraction of sp³-hybridized carbons (Fsp3) is 0.625. The molecule has 1 aliphatic rings. The van der Waals surface area contributed by atoms with Crippen LogP contribution in [-0.4, -0.2) is 37.7 Å². The molecule has 1 unspecified atom stereocenters. The minimum atomic E-state index is -0.000361. The van der Waals surface area contributed by atoms with Gasteiger partial charge in [-0.2, -0.15) is 0 Å². The molecule has 1 aromatic rings. The highest BCUT2D eigenvalue weighted by Gasteiger charge is 2.47. The van der Waals surface area contributed by atoms with Gasteiger partial charge in [-0.25, -0.2) is 0 Å². The van der Waals surface area contributed by atoms with E-state index in [1.807, 2.05) is 0 Å². The Balaban J connectivity index is 2.10. The molecular formula is C16H26N2O. The number of rotatable bonds is 7. The molecule has 2 rings (SSSR count). The molecule has 1 aromatic carbocycles. The van der Waals surface area contributed by atoms with Crippen LogP contribution in [0.1, 0.15) is 24.0 Å². The predicted octanol–water partition coefficient (Wildman–Crippen LogP) is 2.18. The Morgan fingerprint density at radius 2 is 1.95 bits per heavy atom. The van der Waals surface area contributed by atoms with Crippen molar-refractivity contribution in [3.8, 4) is 0 Å². The second-order valence-electron chi connectivity index (χ2n) is 5.86. The third kappa shape index (κ3) is 3.16. The first-order valence-electron chi connectivity index (χ1n) is 7.08. The topological polar surface area (TPSA) is 38.5 Å². The molecule has 106 valence electrons. The van der Waals surface area contributed by atoms with E-state index < -0.39 is 0 Å². The normalized spacial score (nSPS) is 18.6. The summed E-state index contributed by atoms with van der Waals surface area (Å²) in [5.74, 6) is 0.688. The number of nitrogens with zero attached hydrogens (tertiary/aromatic N) is 1. The first kappa shape index (κ1) is 14.5. The molecule has 1 saturated carbocycles. The number of ether oxygens (including phenoxy) is 1. The summed E-state index contributed by atoms with van der Waals surface area (Å²) in [5, 5.41) is 0. The van der Waals surface area contributed by atoms with Crippen LogP contribution in [0.15, 0.2) is 24.3 Å². The molecule has 1 fully saturated rings. The maximum Gasteiger partial charge on any atom is 0.0661 e. The summed E-state index contributed by atoms with van der Waals surface area (Å²) >= 11 is 0. The van der Waals surface area contributed by atoms with Crippen LogP contribution in [0, 0.1) is 12.8 Å². The molecule has 1 aliphatic carbocycles. The highest BCUT2D eigenvalue weighted by molar-refractivity contribution is 5.21. The molecule has 0 spiro atoms. The quantitative estimate of drug-likeness (QED) is 0.818. The monoisotopic (exact) mass is 262 g/mol. The zero-order chi connectivity index (χ0) is 13.9. The van der Waals surface area contributed by atoms with Crippen molar-refractivity contribution in [1.82, 2.24) is 4.90 Å². The minimum Gasteiger partial charge on any atom is -0.383 e. The summed E-state index contributed by atoms with van der Waals surface area (Å²) < 4.78 is 5.46. The lowest BCUT2D eigenvalue weighted by Crippen LogP contribution is -2.56. The Morgan fingerprint density at radius 1 is 1.32 bits per heavy atom. The minimum absolute atomic E-state index is 0.000361. The Hall–Kier alpha value is -0.900. The Kier molecular flexibility index (Phi) is 4.61. The summed E-state index contributed by atoms with van der Waals surface area (Å²) in [6.07, 6.45) is 2.55.